The maximum Gasteiger partial charge on any atom is 0.286 e. The van der Waals surface area contributed by atoms with Gasteiger partial charge in [0.15, 0.2) is 0 Å². The van der Waals surface area contributed by atoms with Crippen molar-refractivity contribution in [1.82, 2.24) is 4.90 Å². The van der Waals surface area contributed by atoms with Crippen LogP contribution in [-0.4, -0.2) is 37.4 Å². The van der Waals surface area contributed by atoms with E-state index >= 15 is 0 Å². The van der Waals surface area contributed by atoms with Crippen LogP contribution in [0.1, 0.15) is 24.8 Å². The van der Waals surface area contributed by atoms with Crippen molar-refractivity contribution in [2.45, 2.75) is 30.7 Å². The van der Waals surface area contributed by atoms with Gasteiger partial charge in [-0.1, -0.05) is 41.9 Å². The van der Waals surface area contributed by atoms with Crippen LogP contribution in [0.4, 0.5) is 5.69 Å². The molecule has 2 aliphatic rings. The molecule has 6 nitrogen and oxygen atoms in total. The van der Waals surface area contributed by atoms with Crippen LogP contribution in [0.3, 0.4) is 0 Å². The van der Waals surface area contributed by atoms with Crippen molar-refractivity contribution in [2.75, 3.05) is 18.1 Å². The molecule has 0 N–H and O–H groups in total. The number of piperidine rings is 1. The molecule has 0 radical (unpaired) electrons. The molecule has 0 unspecified atom stereocenters. The van der Waals surface area contributed by atoms with E-state index in [1.54, 1.807) is 34.2 Å². The van der Waals surface area contributed by atoms with E-state index in [0.717, 1.165) is 24.8 Å². The lowest BCUT2D eigenvalue weighted by Crippen LogP contribution is -2.45. The van der Waals surface area contributed by atoms with Crippen molar-refractivity contribution in [3.8, 4) is 0 Å². The van der Waals surface area contributed by atoms with Crippen LogP contribution in [0.5, 0.6) is 0 Å². The number of halogens is 1. The molecule has 0 aromatic heterocycles. The Hall–Kier alpha value is -2.38. The van der Waals surface area contributed by atoms with Gasteiger partial charge in [0.1, 0.15) is 0 Å². The largest absolute Gasteiger partial charge is 0.337 e. The number of nitrogens with zero attached hydrogens (tertiary/aromatic N) is 3. The number of sulfone groups is 1. The maximum absolute atomic E-state index is 13.1. The number of likely N-dealkylation sites (tertiary alicyclic amines) is 1. The Morgan fingerprint density at radius 3 is 2.43 bits per heavy atom. The maximum atomic E-state index is 13.1. The van der Waals surface area contributed by atoms with E-state index in [4.69, 9.17) is 11.6 Å². The average molecular weight is 418 g/mol. The van der Waals surface area contributed by atoms with Gasteiger partial charge >= 0.3 is 0 Å². The Kier molecular flexibility index (Phi) is 5.12. The molecule has 0 atom stereocenters. The predicted molar refractivity (Wildman–Crippen MR) is 109 cm³/mol. The van der Waals surface area contributed by atoms with E-state index in [2.05, 4.69) is 5.10 Å². The first kappa shape index (κ1) is 19.0. The standard InChI is InChI=1S/C20H20ClN3O3S/c21-16-9-3-2-8-15(16)14-24-17-10-4-5-11-18(17)28(26,27)19(22-24)20(25)23-12-6-1-7-13-23/h2-5,8-11H,1,6-7,12-14H2. The van der Waals surface area contributed by atoms with E-state index < -0.39 is 20.8 Å². The number of para-hydroxylation sites is 1. The molecular formula is C20H20ClN3O3S. The molecule has 1 saturated heterocycles. The fourth-order valence-corrected chi connectivity index (χ4v) is 5.19. The third-order valence-electron chi connectivity index (χ3n) is 5.00. The molecule has 146 valence electrons. The van der Waals surface area contributed by atoms with Crippen LogP contribution in [0, 0.1) is 0 Å². The van der Waals surface area contributed by atoms with Gasteiger partial charge in [0, 0.05) is 18.1 Å². The minimum atomic E-state index is -3.98. The summed E-state index contributed by atoms with van der Waals surface area (Å²) in [5.74, 6) is -0.529. The molecule has 0 spiro atoms. The highest BCUT2D eigenvalue weighted by molar-refractivity contribution is 8.08. The summed E-state index contributed by atoms with van der Waals surface area (Å²) >= 11 is 6.28. The van der Waals surface area contributed by atoms with Crippen molar-refractivity contribution in [3.63, 3.8) is 0 Å². The number of amides is 1. The van der Waals surface area contributed by atoms with E-state index in [1.165, 1.54) is 6.07 Å². The summed E-state index contributed by atoms with van der Waals surface area (Å²) in [5, 5.41) is 6.00. The van der Waals surface area contributed by atoms with Crippen LogP contribution in [0.25, 0.3) is 0 Å². The van der Waals surface area contributed by atoms with E-state index in [0.29, 0.717) is 23.8 Å². The van der Waals surface area contributed by atoms with Gasteiger partial charge < -0.3 is 4.90 Å². The Bertz CT molecular complexity index is 1050. The van der Waals surface area contributed by atoms with E-state index in [1.807, 2.05) is 18.2 Å². The molecule has 0 aliphatic carbocycles. The second kappa shape index (κ2) is 7.56. The quantitative estimate of drug-likeness (QED) is 0.766. The number of benzene rings is 2. The Morgan fingerprint density at radius 1 is 1.00 bits per heavy atom. The van der Waals surface area contributed by atoms with Gasteiger partial charge in [-0.15, -0.1) is 0 Å². The Balaban J connectivity index is 1.77. The zero-order valence-corrected chi connectivity index (χ0v) is 16.8. The Morgan fingerprint density at radius 2 is 1.68 bits per heavy atom. The summed E-state index contributed by atoms with van der Waals surface area (Å²) in [6, 6.07) is 13.9. The third-order valence-corrected chi connectivity index (χ3v) is 7.06. The average Bonchev–Trinajstić information content (AvgIpc) is 2.72. The zero-order valence-electron chi connectivity index (χ0n) is 15.2. The zero-order chi connectivity index (χ0) is 19.7. The molecule has 4 rings (SSSR count). The Labute approximate surface area is 169 Å². The second-order valence-corrected chi connectivity index (χ2v) is 9.12. The lowest BCUT2D eigenvalue weighted by molar-refractivity contribution is -0.124. The second-order valence-electron chi connectivity index (χ2n) is 6.88. The van der Waals surface area contributed by atoms with Crippen LogP contribution in [0.15, 0.2) is 58.5 Å². The summed E-state index contributed by atoms with van der Waals surface area (Å²) in [6.07, 6.45) is 2.79. The number of hydrogen-bond donors (Lipinski definition) is 0. The molecule has 0 saturated carbocycles. The van der Waals surface area contributed by atoms with Gasteiger partial charge in [0.2, 0.25) is 14.9 Å². The van der Waals surface area contributed by atoms with Gasteiger partial charge in [0.25, 0.3) is 5.91 Å². The smallest absolute Gasteiger partial charge is 0.286 e. The number of carbonyl (C=O) groups is 1. The molecule has 8 heteroatoms. The van der Waals surface area contributed by atoms with E-state index in [9.17, 15) is 13.2 Å². The number of hydrazone groups is 1. The third kappa shape index (κ3) is 3.40. The first-order valence-electron chi connectivity index (χ1n) is 9.21. The highest BCUT2D eigenvalue weighted by Gasteiger charge is 2.39. The summed E-state index contributed by atoms with van der Waals surface area (Å²) in [5.41, 5.74) is 1.24. The predicted octanol–water partition coefficient (Wildman–Crippen LogP) is 3.46. The van der Waals surface area contributed by atoms with Crippen molar-refractivity contribution in [1.29, 1.82) is 0 Å². The topological polar surface area (TPSA) is 70.0 Å². The molecule has 2 aliphatic heterocycles. The van der Waals surface area contributed by atoms with Crippen molar-refractivity contribution in [2.24, 2.45) is 5.10 Å². The summed E-state index contributed by atoms with van der Waals surface area (Å²) < 4.78 is 26.2. The number of rotatable bonds is 3. The van der Waals surface area contributed by atoms with Crippen LogP contribution in [0.2, 0.25) is 5.02 Å². The van der Waals surface area contributed by atoms with Gasteiger partial charge in [-0.3, -0.25) is 9.80 Å². The first-order chi connectivity index (χ1) is 13.5. The molecule has 1 fully saturated rings. The van der Waals surface area contributed by atoms with Gasteiger partial charge in [-0.2, -0.15) is 5.10 Å². The lowest BCUT2D eigenvalue weighted by atomic mass is 10.1. The van der Waals surface area contributed by atoms with Gasteiger partial charge in [-0.25, -0.2) is 8.42 Å². The molecule has 28 heavy (non-hydrogen) atoms. The van der Waals surface area contributed by atoms with Crippen LogP contribution >= 0.6 is 11.6 Å². The minimum absolute atomic E-state index is 0.0948. The van der Waals surface area contributed by atoms with E-state index in [-0.39, 0.29) is 11.4 Å². The van der Waals surface area contributed by atoms with Crippen LogP contribution in [-0.2, 0) is 21.2 Å². The fourth-order valence-electron chi connectivity index (χ4n) is 3.52. The summed E-state index contributed by atoms with van der Waals surface area (Å²) in [4.78, 5) is 14.7. The summed E-state index contributed by atoms with van der Waals surface area (Å²) in [6.45, 7) is 1.38. The number of anilines is 1. The number of hydrogen-bond acceptors (Lipinski definition) is 5. The number of carbonyl (C=O) groups excluding carboxylic acids is 1. The monoisotopic (exact) mass is 417 g/mol. The molecule has 0 bridgehead atoms. The highest BCUT2D eigenvalue weighted by atomic mass is 35.5. The fraction of sp³-hybridized carbons (Fsp3) is 0.300. The highest BCUT2D eigenvalue weighted by Crippen LogP contribution is 2.34. The minimum Gasteiger partial charge on any atom is -0.337 e. The molecular weight excluding hydrogens is 398 g/mol. The van der Waals surface area contributed by atoms with Gasteiger partial charge in [-0.05, 0) is 43.0 Å². The number of fused-ring (bicyclic) bond motifs is 1. The normalized spacial score (nSPS) is 18.4. The molecule has 2 aromatic rings. The summed E-state index contributed by atoms with van der Waals surface area (Å²) in [7, 11) is -3.98. The molecule has 2 heterocycles. The van der Waals surface area contributed by atoms with Gasteiger partial charge in [0.05, 0.1) is 17.1 Å². The molecule has 2 aromatic carbocycles. The van der Waals surface area contributed by atoms with Crippen LogP contribution < -0.4 is 5.01 Å². The van der Waals surface area contributed by atoms with Crippen molar-refractivity contribution < 1.29 is 13.2 Å². The van der Waals surface area contributed by atoms with Crippen molar-refractivity contribution in [3.05, 3.63) is 59.1 Å². The lowest BCUT2D eigenvalue weighted by Gasteiger charge is -2.31. The molecule has 1 amide bonds. The SMILES string of the molecule is O=C(C1=NN(Cc2ccccc2Cl)c2ccccc2S1(=O)=O)N1CCCCC1. The first-order valence-corrected chi connectivity index (χ1v) is 11.1. The van der Waals surface area contributed by atoms with Crippen molar-refractivity contribution >= 4 is 38.1 Å².